The van der Waals surface area contributed by atoms with Crippen molar-refractivity contribution >= 4 is 51.9 Å². The van der Waals surface area contributed by atoms with Crippen LogP contribution in [0.2, 0.25) is 0 Å². The number of primary sulfonamides is 2. The van der Waals surface area contributed by atoms with Crippen molar-refractivity contribution in [3.8, 4) is 11.5 Å². The van der Waals surface area contributed by atoms with Crippen LogP contribution in [0.1, 0.15) is 34.5 Å². The number of nitrogens with two attached hydrogens (primary N) is 2. The van der Waals surface area contributed by atoms with Crippen LogP contribution in [0.3, 0.4) is 0 Å². The molecule has 17 heteroatoms. The molecule has 6 N–H and O–H groups in total. The number of sulfonamides is 2. The van der Waals surface area contributed by atoms with E-state index in [2.05, 4.69) is 9.98 Å². The minimum atomic E-state index is -3.67. The van der Waals surface area contributed by atoms with Gasteiger partial charge in [-0.15, -0.1) is 0 Å². The zero-order valence-corrected chi connectivity index (χ0v) is 34.3. The molecule has 0 spiro atoms. The molecule has 0 aromatic heterocycles. The number of aliphatic hydroxyl groups is 2. The number of ether oxygens (including phenoxy) is 2. The van der Waals surface area contributed by atoms with Gasteiger partial charge in [-0.05, 0) is 60.4 Å². The van der Waals surface area contributed by atoms with Crippen molar-refractivity contribution in [1.29, 1.82) is 0 Å². The van der Waals surface area contributed by atoms with Gasteiger partial charge in [0.2, 0.25) is 20.0 Å². The number of rotatable bonds is 10. The Labute approximate surface area is 324 Å². The zero-order valence-electron chi connectivity index (χ0n) is 28.2. The molecule has 2 atom stereocenters. The molecule has 4 aromatic carbocycles. The Bertz CT molecular complexity index is 2030. The van der Waals surface area contributed by atoms with Crippen molar-refractivity contribution in [2.45, 2.75) is 34.8 Å². The fourth-order valence-electron chi connectivity index (χ4n) is 5.00. The van der Waals surface area contributed by atoms with Crippen LogP contribution in [-0.4, -0.2) is 52.6 Å². The van der Waals surface area contributed by atoms with Crippen LogP contribution >= 0.6 is 19.4 Å². The predicted octanol–water partition coefficient (Wildman–Crippen LogP) is 5.29. The molecule has 0 radical (unpaired) electrons. The number of fused-ring (bicyclic) bond motifs is 2. The van der Waals surface area contributed by atoms with E-state index in [9.17, 15) is 27.0 Å². The van der Waals surface area contributed by atoms with Crippen molar-refractivity contribution in [2.75, 3.05) is 13.1 Å². The van der Waals surface area contributed by atoms with Gasteiger partial charge in [0, 0.05) is 47.8 Å². The van der Waals surface area contributed by atoms with E-state index < -0.39 is 47.4 Å². The molecule has 4 aromatic rings. The molecule has 0 saturated heterocycles. The average molecular weight is 853 g/mol. The van der Waals surface area contributed by atoms with E-state index in [0.29, 0.717) is 59.7 Å². The first-order valence-electron chi connectivity index (χ1n) is 15.9. The van der Waals surface area contributed by atoms with Gasteiger partial charge in [0.1, 0.15) is 23.7 Å². The number of hydrogen-bond donors (Lipinski definition) is 4. The summed E-state index contributed by atoms with van der Waals surface area (Å²) in [6, 6.07) is 27.4. The number of aliphatic imine (C=N–C) groups is 2. The van der Waals surface area contributed by atoms with Crippen LogP contribution < -0.4 is 19.8 Å². The molecule has 12 nitrogen and oxygen atoms in total. The topological polar surface area (TPSA) is 204 Å². The number of aliphatic hydroxyl groups excluding tert-OH is 2. The molecule has 276 valence electrons. The first kappa shape index (κ1) is 42.0. The van der Waals surface area contributed by atoms with Crippen LogP contribution in [0.4, 0.5) is 0 Å². The maximum atomic E-state index is 11.2. The molecule has 2 aliphatic heterocycles. The Morgan fingerprint density at radius 2 is 0.962 bits per heavy atom. The molecule has 53 heavy (non-hydrogen) atoms. The van der Waals surface area contributed by atoms with Crippen LogP contribution in [-0.2, 0) is 48.0 Å². The molecule has 0 fully saturated rings. The van der Waals surface area contributed by atoms with Crippen molar-refractivity contribution in [2.24, 2.45) is 20.3 Å². The van der Waals surface area contributed by atoms with E-state index >= 15 is 0 Å². The van der Waals surface area contributed by atoms with Crippen molar-refractivity contribution in [3.05, 3.63) is 143 Å². The van der Waals surface area contributed by atoms with E-state index in [-0.39, 0.29) is 9.79 Å². The van der Waals surface area contributed by atoms with Gasteiger partial charge in [-0.1, -0.05) is 60.7 Å². The number of para-hydroxylation sites is 2. The second-order valence-electron chi connectivity index (χ2n) is 11.4. The Kier molecular flexibility index (Phi) is 15.9. The number of halogens is 2. The molecule has 2 unspecified atom stereocenters. The first-order valence-corrected chi connectivity index (χ1v) is 26.8. The van der Waals surface area contributed by atoms with Gasteiger partial charge < -0.3 is 19.7 Å². The van der Waals surface area contributed by atoms with E-state index in [0.717, 1.165) is 11.1 Å². The van der Waals surface area contributed by atoms with Crippen molar-refractivity contribution in [1.82, 2.24) is 0 Å². The Morgan fingerprint density at radius 1 is 0.623 bits per heavy atom. The summed E-state index contributed by atoms with van der Waals surface area (Å²) in [6.07, 6.45) is 5.95. The second-order valence-corrected chi connectivity index (χ2v) is 19.1. The summed E-state index contributed by atoms with van der Waals surface area (Å²) in [4.78, 5) is 8.80. The van der Waals surface area contributed by atoms with Gasteiger partial charge in [0.05, 0.1) is 22.3 Å². The molecule has 2 heterocycles. The average Bonchev–Trinajstić information content (AvgIpc) is 3.14. The Hall–Kier alpha value is -3.76. The van der Waals surface area contributed by atoms with Crippen LogP contribution in [0.5, 0.6) is 11.5 Å². The Balaban J connectivity index is 0.000000220. The predicted molar refractivity (Wildman–Crippen MR) is 202 cm³/mol. The fourth-order valence-corrected chi connectivity index (χ4v) is 6.03. The van der Waals surface area contributed by atoms with Crippen LogP contribution in [0.15, 0.2) is 141 Å². The summed E-state index contributed by atoms with van der Waals surface area (Å²) >= 11 is -0.931. The third kappa shape index (κ3) is 12.7. The molecule has 0 amide bonds. The molecule has 6 rings (SSSR count). The molecule has 0 aliphatic carbocycles. The van der Waals surface area contributed by atoms with Crippen LogP contribution in [0, 0.1) is 0 Å². The van der Waals surface area contributed by atoms with E-state index in [1.807, 2.05) is 36.4 Å². The van der Waals surface area contributed by atoms with Gasteiger partial charge in [-0.3, -0.25) is 9.98 Å². The summed E-state index contributed by atoms with van der Waals surface area (Å²) in [7, 11) is 2.57. The summed E-state index contributed by atoms with van der Waals surface area (Å²) < 4.78 is 55.8. The van der Waals surface area contributed by atoms with Crippen LogP contribution in [0.25, 0.3) is 0 Å². The molecule has 2 aliphatic rings. The van der Waals surface area contributed by atoms with Gasteiger partial charge in [-0.2, -0.15) is 0 Å². The quantitative estimate of drug-likeness (QED) is 0.122. The normalized spacial score (nSPS) is 16.3. The summed E-state index contributed by atoms with van der Waals surface area (Å²) in [5.41, 5.74) is 4.50. The fraction of sp³-hybridized carbons (Fsp3) is 0.167. The maximum absolute atomic E-state index is 11.2. The van der Waals surface area contributed by atoms with E-state index in [1.54, 1.807) is 48.8 Å². The third-order valence-electron chi connectivity index (χ3n) is 7.75. The molecule has 0 saturated carbocycles. The Morgan fingerprint density at radius 3 is 1.30 bits per heavy atom. The third-order valence-corrected chi connectivity index (χ3v) is 9.60. The number of hydrogen-bond acceptors (Lipinski definition) is 10. The van der Waals surface area contributed by atoms with E-state index in [1.165, 1.54) is 36.8 Å². The summed E-state index contributed by atoms with van der Waals surface area (Å²) in [5, 5.41) is 30.8. The second kappa shape index (κ2) is 20.1. The summed E-state index contributed by atoms with van der Waals surface area (Å²) in [6.45, 7) is 1.00. The summed E-state index contributed by atoms with van der Waals surface area (Å²) in [5.74, 6) is 1.28. The van der Waals surface area contributed by atoms with Gasteiger partial charge in [0.25, 0.3) is 0 Å². The first-order chi connectivity index (χ1) is 25.3. The van der Waals surface area contributed by atoms with Gasteiger partial charge in [0.15, 0.2) is 0 Å². The number of benzene rings is 4. The minimum absolute atomic E-state index is 0.0889. The molecule has 0 bridgehead atoms. The van der Waals surface area contributed by atoms with Crippen molar-refractivity contribution < 1.29 is 51.7 Å². The SMILES string of the molecule is NS(=O)(=O)c1ccc(CCN=CC2=COc3ccccc3C2O)cc1.NS(=O)(=O)c1ccc(CCN=CC2=COc3ccccc3C2O)cc1.[Cl][Zn][Cl]. The van der Waals surface area contributed by atoms with Gasteiger partial charge >= 0.3 is 34.5 Å². The van der Waals surface area contributed by atoms with Gasteiger partial charge in [-0.25, -0.2) is 27.1 Å². The van der Waals surface area contributed by atoms with E-state index in [4.69, 9.17) is 39.1 Å². The van der Waals surface area contributed by atoms with Crippen molar-refractivity contribution in [3.63, 3.8) is 0 Å². The number of nitrogens with zero attached hydrogens (tertiary/aromatic N) is 2. The zero-order chi connectivity index (χ0) is 38.4. The molecular formula is C36H36Cl2N4O8S2Zn. The molecular weight excluding hydrogens is 817 g/mol. The monoisotopic (exact) mass is 850 g/mol. The standard InChI is InChI=1S/2C18H18N2O4S.2ClH.Zn/c2*19-25(22,23)15-7-5-13(6-8-15)9-10-20-11-14-12-24-17-4-2-1-3-16(17)18(14)21;;;/h2*1-8,11-12,18,21H,9-10H2,(H2,19,22,23);2*1H;/q;;;;+2/p-2.